The summed E-state index contributed by atoms with van der Waals surface area (Å²) < 4.78 is 5.35. The predicted molar refractivity (Wildman–Crippen MR) is 84.6 cm³/mol. The molecule has 3 aromatic rings. The highest BCUT2D eigenvalue weighted by Gasteiger charge is 2.15. The van der Waals surface area contributed by atoms with Gasteiger partial charge in [-0.1, -0.05) is 11.2 Å². The van der Waals surface area contributed by atoms with Crippen molar-refractivity contribution in [3.05, 3.63) is 53.6 Å². The number of nitrogens with zero attached hydrogens (tertiary/aromatic N) is 2. The Morgan fingerprint density at radius 1 is 0.955 bits per heavy atom. The van der Waals surface area contributed by atoms with E-state index in [0.717, 1.165) is 24.2 Å². The first-order chi connectivity index (χ1) is 10.3. The van der Waals surface area contributed by atoms with Gasteiger partial charge in [0.2, 0.25) is 5.82 Å². The molecule has 1 aliphatic rings. The SMILES string of the molecule is Cl.Oc1ccc(-c2noc(-c3ccc4c(c3)CNC4)n2)cc1. The number of aromatic hydroxyl groups is 1. The number of rotatable bonds is 2. The Kier molecular flexibility index (Phi) is 3.83. The highest BCUT2D eigenvalue weighted by molar-refractivity contribution is 5.85. The normalized spacial score (nSPS) is 12.7. The minimum absolute atomic E-state index is 0. The zero-order valence-corrected chi connectivity index (χ0v) is 12.4. The molecule has 0 fully saturated rings. The van der Waals surface area contributed by atoms with Crippen LogP contribution in [-0.4, -0.2) is 15.2 Å². The van der Waals surface area contributed by atoms with Gasteiger partial charge in [-0.25, -0.2) is 0 Å². The number of phenols is 1. The molecule has 5 nitrogen and oxygen atoms in total. The van der Waals surface area contributed by atoms with E-state index >= 15 is 0 Å². The third kappa shape index (κ3) is 2.56. The molecule has 22 heavy (non-hydrogen) atoms. The van der Waals surface area contributed by atoms with Gasteiger partial charge in [-0.15, -0.1) is 12.4 Å². The highest BCUT2D eigenvalue weighted by atomic mass is 35.5. The summed E-state index contributed by atoms with van der Waals surface area (Å²) in [5, 5.41) is 16.6. The minimum atomic E-state index is 0. The Balaban J connectivity index is 0.00000144. The van der Waals surface area contributed by atoms with E-state index < -0.39 is 0 Å². The van der Waals surface area contributed by atoms with Crippen molar-refractivity contribution in [1.82, 2.24) is 15.5 Å². The van der Waals surface area contributed by atoms with E-state index in [1.165, 1.54) is 11.1 Å². The van der Waals surface area contributed by atoms with Crippen LogP contribution < -0.4 is 5.32 Å². The van der Waals surface area contributed by atoms with Crippen molar-refractivity contribution in [2.24, 2.45) is 0 Å². The van der Waals surface area contributed by atoms with Crippen LogP contribution in [0.3, 0.4) is 0 Å². The zero-order valence-electron chi connectivity index (χ0n) is 11.6. The van der Waals surface area contributed by atoms with Crippen molar-refractivity contribution in [1.29, 1.82) is 0 Å². The van der Waals surface area contributed by atoms with E-state index in [-0.39, 0.29) is 18.2 Å². The Morgan fingerprint density at radius 3 is 2.50 bits per heavy atom. The number of hydrogen-bond donors (Lipinski definition) is 2. The topological polar surface area (TPSA) is 71.2 Å². The second-order valence-electron chi connectivity index (χ2n) is 5.06. The molecule has 2 heterocycles. The maximum Gasteiger partial charge on any atom is 0.258 e. The summed E-state index contributed by atoms with van der Waals surface area (Å²) in [6.45, 7) is 1.79. The third-order valence-corrected chi connectivity index (χ3v) is 3.64. The molecule has 0 saturated carbocycles. The monoisotopic (exact) mass is 315 g/mol. The van der Waals surface area contributed by atoms with Gasteiger partial charge in [0, 0.05) is 24.2 Å². The Labute approximate surface area is 133 Å². The van der Waals surface area contributed by atoms with E-state index in [4.69, 9.17) is 4.52 Å². The summed E-state index contributed by atoms with van der Waals surface area (Å²) in [6.07, 6.45) is 0. The lowest BCUT2D eigenvalue weighted by molar-refractivity contribution is 0.432. The molecule has 0 amide bonds. The van der Waals surface area contributed by atoms with Gasteiger partial charge in [-0.05, 0) is 47.5 Å². The quantitative estimate of drug-likeness (QED) is 0.760. The molecule has 6 heteroatoms. The predicted octanol–water partition coefficient (Wildman–Crippen LogP) is 3.13. The molecule has 1 aromatic heterocycles. The van der Waals surface area contributed by atoms with E-state index in [0.29, 0.717) is 11.7 Å². The van der Waals surface area contributed by atoms with Crippen LogP contribution in [0.15, 0.2) is 47.0 Å². The number of benzene rings is 2. The van der Waals surface area contributed by atoms with Crippen molar-refractivity contribution >= 4 is 12.4 Å². The number of nitrogens with one attached hydrogen (secondary N) is 1. The van der Waals surface area contributed by atoms with E-state index in [9.17, 15) is 5.11 Å². The molecule has 0 unspecified atom stereocenters. The van der Waals surface area contributed by atoms with Crippen LogP contribution >= 0.6 is 12.4 Å². The first kappa shape index (κ1) is 14.6. The van der Waals surface area contributed by atoms with E-state index in [1.807, 2.05) is 6.07 Å². The third-order valence-electron chi connectivity index (χ3n) is 3.64. The van der Waals surface area contributed by atoms with Crippen LogP contribution in [0.4, 0.5) is 0 Å². The Hall–Kier alpha value is -2.37. The number of hydrogen-bond acceptors (Lipinski definition) is 5. The Bertz CT molecular complexity index is 799. The van der Waals surface area contributed by atoms with E-state index in [2.05, 4.69) is 27.6 Å². The number of halogens is 1. The van der Waals surface area contributed by atoms with Crippen molar-refractivity contribution < 1.29 is 9.63 Å². The Morgan fingerprint density at radius 2 is 1.68 bits per heavy atom. The summed E-state index contributed by atoms with van der Waals surface area (Å²) in [5.74, 6) is 1.24. The van der Waals surface area contributed by atoms with Crippen molar-refractivity contribution in [2.75, 3.05) is 0 Å². The van der Waals surface area contributed by atoms with Gasteiger partial charge in [0.1, 0.15) is 5.75 Å². The summed E-state index contributed by atoms with van der Waals surface area (Å²) in [6, 6.07) is 12.9. The van der Waals surface area contributed by atoms with Gasteiger partial charge in [0.05, 0.1) is 0 Å². The van der Waals surface area contributed by atoms with Crippen molar-refractivity contribution in [3.63, 3.8) is 0 Å². The smallest absolute Gasteiger partial charge is 0.258 e. The zero-order chi connectivity index (χ0) is 14.2. The number of fused-ring (bicyclic) bond motifs is 1. The summed E-state index contributed by atoms with van der Waals surface area (Å²) >= 11 is 0. The van der Waals surface area contributed by atoms with Crippen LogP contribution in [0, 0.1) is 0 Å². The fraction of sp³-hybridized carbons (Fsp3) is 0.125. The largest absolute Gasteiger partial charge is 0.508 e. The van der Waals surface area contributed by atoms with Gasteiger partial charge < -0.3 is 14.9 Å². The van der Waals surface area contributed by atoms with Crippen LogP contribution in [-0.2, 0) is 13.1 Å². The molecule has 4 rings (SSSR count). The maximum atomic E-state index is 9.31. The number of phenolic OH excluding ortho intramolecular Hbond substituents is 1. The maximum absolute atomic E-state index is 9.31. The molecule has 0 aliphatic carbocycles. The molecule has 0 saturated heterocycles. The molecule has 1 aliphatic heterocycles. The first-order valence-electron chi connectivity index (χ1n) is 6.75. The summed E-state index contributed by atoms with van der Waals surface area (Å²) in [4.78, 5) is 4.43. The number of aromatic nitrogens is 2. The molecule has 0 radical (unpaired) electrons. The van der Waals surface area contributed by atoms with Crippen LogP contribution in [0.1, 0.15) is 11.1 Å². The van der Waals surface area contributed by atoms with Gasteiger partial charge in [-0.3, -0.25) is 0 Å². The molecule has 0 spiro atoms. The summed E-state index contributed by atoms with van der Waals surface area (Å²) in [7, 11) is 0. The molecule has 2 aromatic carbocycles. The first-order valence-corrected chi connectivity index (χ1v) is 6.75. The van der Waals surface area contributed by atoms with Crippen LogP contribution in [0.2, 0.25) is 0 Å². The van der Waals surface area contributed by atoms with E-state index in [1.54, 1.807) is 24.3 Å². The average molecular weight is 316 g/mol. The molecule has 2 N–H and O–H groups in total. The van der Waals surface area contributed by atoms with Gasteiger partial charge in [0.15, 0.2) is 0 Å². The van der Waals surface area contributed by atoms with Crippen LogP contribution in [0.25, 0.3) is 22.8 Å². The van der Waals surface area contributed by atoms with Crippen molar-refractivity contribution in [2.45, 2.75) is 13.1 Å². The lowest BCUT2D eigenvalue weighted by Gasteiger charge is -1.99. The lowest BCUT2D eigenvalue weighted by atomic mass is 10.1. The lowest BCUT2D eigenvalue weighted by Crippen LogP contribution is -1.99. The van der Waals surface area contributed by atoms with Gasteiger partial charge >= 0.3 is 0 Å². The highest BCUT2D eigenvalue weighted by Crippen LogP contribution is 2.26. The average Bonchev–Trinajstić information content (AvgIpc) is 3.16. The van der Waals surface area contributed by atoms with Crippen LogP contribution in [0.5, 0.6) is 5.75 Å². The molecular weight excluding hydrogens is 302 g/mol. The fourth-order valence-electron chi connectivity index (χ4n) is 2.50. The standard InChI is InChI=1S/C16H13N3O2.ClH/c20-14-5-3-10(4-6-14)15-18-16(21-19-15)11-1-2-12-8-17-9-13(12)7-11;/h1-7,17,20H,8-9H2;1H. The molecule has 0 bridgehead atoms. The van der Waals surface area contributed by atoms with Crippen molar-refractivity contribution in [3.8, 4) is 28.6 Å². The molecule has 112 valence electrons. The summed E-state index contributed by atoms with van der Waals surface area (Å²) in [5.41, 5.74) is 4.33. The van der Waals surface area contributed by atoms with Gasteiger partial charge in [0.25, 0.3) is 5.89 Å². The molecular formula is C16H14ClN3O2. The fourth-order valence-corrected chi connectivity index (χ4v) is 2.50. The molecule has 0 atom stereocenters. The van der Waals surface area contributed by atoms with Gasteiger partial charge in [-0.2, -0.15) is 4.98 Å². The second kappa shape index (κ2) is 5.79. The second-order valence-corrected chi connectivity index (χ2v) is 5.06. The minimum Gasteiger partial charge on any atom is -0.508 e.